The molecule has 1 aromatic heterocycles. The number of likely N-dealkylation sites (N-methyl/N-ethyl adjacent to an activating group) is 1. The third-order valence-electron chi connectivity index (χ3n) is 2.96. The number of nitrogens with one attached hydrogen (secondary N) is 1. The molecule has 0 amide bonds. The number of anilines is 2. The van der Waals surface area contributed by atoms with Crippen molar-refractivity contribution in [3.8, 4) is 0 Å². The molecule has 112 valence electrons. The Morgan fingerprint density at radius 1 is 1.57 bits per heavy atom. The van der Waals surface area contributed by atoms with Crippen molar-refractivity contribution < 1.29 is 14.7 Å². The summed E-state index contributed by atoms with van der Waals surface area (Å²) in [5, 5.41) is 30.7. The average molecular weight is 293 g/mol. The summed E-state index contributed by atoms with van der Waals surface area (Å²) in [6, 6.07) is 1.59. The maximum atomic E-state index is 11.3. The third-order valence-corrected chi connectivity index (χ3v) is 2.96. The van der Waals surface area contributed by atoms with Crippen molar-refractivity contribution in [2.75, 3.05) is 37.0 Å². The number of nitro benzene ring substituents is 1. The van der Waals surface area contributed by atoms with E-state index >= 15 is 0 Å². The number of hydrogen-bond acceptors (Lipinski definition) is 8. The number of aromatic nitrogens is 2. The molecule has 0 aliphatic heterocycles. The molecule has 0 radical (unpaired) electrons. The predicted molar refractivity (Wildman–Crippen MR) is 77.5 cm³/mol. The van der Waals surface area contributed by atoms with E-state index in [4.69, 9.17) is 5.11 Å². The monoisotopic (exact) mass is 293 g/mol. The Kier molecular flexibility index (Phi) is 4.33. The molecule has 0 unspecified atom stereocenters. The van der Waals surface area contributed by atoms with Crippen LogP contribution in [-0.4, -0.2) is 47.1 Å². The highest BCUT2D eigenvalue weighted by atomic mass is 16.6. The van der Waals surface area contributed by atoms with E-state index in [1.54, 1.807) is 24.1 Å². The number of fused-ring (bicyclic) bond motifs is 1. The molecule has 1 aromatic carbocycles. The fourth-order valence-electron chi connectivity index (χ4n) is 1.97. The van der Waals surface area contributed by atoms with Gasteiger partial charge in [0, 0.05) is 20.1 Å². The van der Waals surface area contributed by atoms with Gasteiger partial charge in [-0.1, -0.05) is 6.08 Å². The number of nitro groups is 1. The van der Waals surface area contributed by atoms with E-state index in [9.17, 15) is 10.1 Å². The van der Waals surface area contributed by atoms with Crippen molar-refractivity contribution in [2.24, 2.45) is 0 Å². The number of hydrogen-bond donors (Lipinski definition) is 2. The molecule has 0 spiro atoms. The summed E-state index contributed by atoms with van der Waals surface area (Å²) in [5.74, 6) is 0. The van der Waals surface area contributed by atoms with E-state index in [-0.39, 0.29) is 29.9 Å². The van der Waals surface area contributed by atoms with Crippen LogP contribution in [0.5, 0.6) is 0 Å². The molecule has 0 atom stereocenters. The average Bonchev–Trinajstić information content (AvgIpc) is 2.93. The van der Waals surface area contributed by atoms with Gasteiger partial charge in [0.2, 0.25) is 5.52 Å². The summed E-state index contributed by atoms with van der Waals surface area (Å²) < 4.78 is 4.63. The van der Waals surface area contributed by atoms with E-state index in [2.05, 4.69) is 26.8 Å². The van der Waals surface area contributed by atoms with Crippen LogP contribution in [0.3, 0.4) is 0 Å². The Labute approximate surface area is 120 Å². The second-order valence-corrected chi connectivity index (χ2v) is 4.33. The number of aliphatic hydroxyl groups excluding tert-OH is 1. The van der Waals surface area contributed by atoms with Gasteiger partial charge in [-0.25, -0.2) is 4.63 Å². The second-order valence-electron chi connectivity index (χ2n) is 4.33. The van der Waals surface area contributed by atoms with Gasteiger partial charge in [0.05, 0.1) is 17.2 Å². The van der Waals surface area contributed by atoms with Gasteiger partial charge in [0.1, 0.15) is 5.69 Å². The molecule has 0 saturated carbocycles. The minimum Gasteiger partial charge on any atom is -0.395 e. The van der Waals surface area contributed by atoms with Gasteiger partial charge in [0.25, 0.3) is 0 Å². The van der Waals surface area contributed by atoms with Crippen LogP contribution in [-0.2, 0) is 0 Å². The molecular formula is C12H15N5O4. The second kappa shape index (κ2) is 6.18. The van der Waals surface area contributed by atoms with Crippen molar-refractivity contribution in [3.63, 3.8) is 0 Å². The van der Waals surface area contributed by atoms with Crippen LogP contribution in [0.15, 0.2) is 23.4 Å². The van der Waals surface area contributed by atoms with Gasteiger partial charge in [-0.15, -0.1) is 6.58 Å². The minimum atomic E-state index is -0.535. The molecule has 2 rings (SSSR count). The molecule has 0 bridgehead atoms. The van der Waals surface area contributed by atoms with Crippen LogP contribution in [0.4, 0.5) is 17.1 Å². The third kappa shape index (κ3) is 2.77. The fourth-order valence-corrected chi connectivity index (χ4v) is 1.97. The zero-order valence-electron chi connectivity index (χ0n) is 11.4. The number of rotatable bonds is 7. The lowest BCUT2D eigenvalue weighted by atomic mass is 10.1. The molecule has 2 N–H and O–H groups in total. The van der Waals surface area contributed by atoms with Crippen LogP contribution in [0.25, 0.3) is 11.0 Å². The maximum Gasteiger partial charge on any atom is 0.323 e. The first kappa shape index (κ1) is 14.7. The van der Waals surface area contributed by atoms with Crippen LogP contribution < -0.4 is 10.2 Å². The van der Waals surface area contributed by atoms with Crippen molar-refractivity contribution >= 4 is 28.1 Å². The summed E-state index contributed by atoms with van der Waals surface area (Å²) in [4.78, 5) is 12.4. The molecule has 9 nitrogen and oxygen atoms in total. The van der Waals surface area contributed by atoms with Crippen LogP contribution in [0.1, 0.15) is 0 Å². The van der Waals surface area contributed by atoms with Gasteiger partial charge in [-0.05, 0) is 16.4 Å². The summed E-state index contributed by atoms with van der Waals surface area (Å²) >= 11 is 0. The van der Waals surface area contributed by atoms with Crippen molar-refractivity contribution in [2.45, 2.75) is 0 Å². The molecule has 0 aliphatic carbocycles. The standard InChI is InChI=1S/C12H15N5O4/c1-3-4-13-8-7-9(16(2)5-6-18)12(17(19)20)11-10(8)14-21-15-11/h3,7,13,18H,1,4-6H2,2H3. The Hall–Kier alpha value is -2.68. The van der Waals surface area contributed by atoms with Gasteiger partial charge < -0.3 is 15.3 Å². The lowest BCUT2D eigenvalue weighted by molar-refractivity contribution is -0.382. The Morgan fingerprint density at radius 2 is 2.29 bits per heavy atom. The first-order valence-electron chi connectivity index (χ1n) is 6.20. The molecule has 0 aliphatic rings. The molecular weight excluding hydrogens is 278 g/mol. The molecule has 2 aromatic rings. The highest BCUT2D eigenvalue weighted by Gasteiger charge is 2.27. The van der Waals surface area contributed by atoms with E-state index < -0.39 is 4.92 Å². The van der Waals surface area contributed by atoms with Gasteiger partial charge in [-0.3, -0.25) is 10.1 Å². The molecule has 0 fully saturated rings. The largest absolute Gasteiger partial charge is 0.395 e. The van der Waals surface area contributed by atoms with E-state index in [1.807, 2.05) is 0 Å². The van der Waals surface area contributed by atoms with Gasteiger partial charge in [0.15, 0.2) is 5.52 Å². The lowest BCUT2D eigenvalue weighted by Crippen LogP contribution is -2.22. The Bertz CT molecular complexity index is 669. The summed E-state index contributed by atoms with van der Waals surface area (Å²) in [6.07, 6.45) is 1.65. The first-order valence-corrected chi connectivity index (χ1v) is 6.20. The van der Waals surface area contributed by atoms with Crippen LogP contribution in [0, 0.1) is 10.1 Å². The number of nitrogens with zero attached hydrogens (tertiary/aromatic N) is 4. The number of aliphatic hydroxyl groups is 1. The lowest BCUT2D eigenvalue weighted by Gasteiger charge is -2.18. The Morgan fingerprint density at radius 3 is 2.90 bits per heavy atom. The quantitative estimate of drug-likeness (QED) is 0.443. The zero-order valence-corrected chi connectivity index (χ0v) is 11.4. The first-order chi connectivity index (χ1) is 10.1. The van der Waals surface area contributed by atoms with E-state index in [0.717, 1.165) is 0 Å². The zero-order chi connectivity index (χ0) is 15.4. The predicted octanol–water partition coefficient (Wildman–Crippen LogP) is 1.16. The van der Waals surface area contributed by atoms with Crippen LogP contribution in [0.2, 0.25) is 0 Å². The van der Waals surface area contributed by atoms with Crippen molar-refractivity contribution in [1.82, 2.24) is 10.3 Å². The summed E-state index contributed by atoms with van der Waals surface area (Å²) in [7, 11) is 1.65. The van der Waals surface area contributed by atoms with Crippen molar-refractivity contribution in [3.05, 3.63) is 28.8 Å². The van der Waals surface area contributed by atoms with Crippen molar-refractivity contribution in [1.29, 1.82) is 0 Å². The highest BCUT2D eigenvalue weighted by Crippen LogP contribution is 2.38. The smallest absolute Gasteiger partial charge is 0.323 e. The number of benzene rings is 1. The minimum absolute atomic E-state index is 0.0638. The summed E-state index contributed by atoms with van der Waals surface area (Å²) in [6.45, 7) is 4.19. The maximum absolute atomic E-state index is 11.3. The Balaban J connectivity index is 2.65. The van der Waals surface area contributed by atoms with Crippen LogP contribution >= 0.6 is 0 Å². The van der Waals surface area contributed by atoms with Gasteiger partial charge >= 0.3 is 5.69 Å². The highest BCUT2D eigenvalue weighted by molar-refractivity contribution is 5.99. The SMILES string of the molecule is C=CCNc1cc(N(C)CCO)c([N+](=O)[O-])c2nonc12. The van der Waals surface area contributed by atoms with E-state index in [1.165, 1.54) is 0 Å². The molecule has 0 saturated heterocycles. The molecule has 1 heterocycles. The van der Waals surface area contributed by atoms with E-state index in [0.29, 0.717) is 17.9 Å². The fraction of sp³-hybridized carbons (Fsp3) is 0.333. The van der Waals surface area contributed by atoms with Gasteiger partial charge in [-0.2, -0.15) is 0 Å². The molecule has 21 heavy (non-hydrogen) atoms. The summed E-state index contributed by atoms with van der Waals surface area (Å²) in [5.41, 5.74) is 1.02. The normalized spacial score (nSPS) is 10.6. The topological polar surface area (TPSA) is 118 Å². The molecule has 9 heteroatoms.